The lowest BCUT2D eigenvalue weighted by Gasteiger charge is -2.14. The van der Waals surface area contributed by atoms with Crippen LogP contribution < -0.4 is 5.32 Å². The van der Waals surface area contributed by atoms with E-state index >= 15 is 0 Å². The van der Waals surface area contributed by atoms with Crippen LogP contribution in [0.15, 0.2) is 41.3 Å². The largest absolute Gasteiger partial charge is 0.358 e. The van der Waals surface area contributed by atoms with Crippen molar-refractivity contribution in [1.29, 1.82) is 0 Å². The molecule has 142 valence electrons. The Kier molecular flexibility index (Phi) is 4.84. The van der Waals surface area contributed by atoms with Crippen molar-refractivity contribution in [2.45, 2.75) is 25.7 Å². The van der Waals surface area contributed by atoms with Gasteiger partial charge in [-0.3, -0.25) is 4.79 Å². The first-order valence-corrected chi connectivity index (χ1v) is 9.98. The van der Waals surface area contributed by atoms with E-state index in [2.05, 4.69) is 10.3 Å². The van der Waals surface area contributed by atoms with Gasteiger partial charge in [0.2, 0.25) is 10.0 Å². The zero-order valence-electron chi connectivity index (χ0n) is 16.0. The summed E-state index contributed by atoms with van der Waals surface area (Å²) in [4.78, 5) is 16.2. The summed E-state index contributed by atoms with van der Waals surface area (Å²) in [6, 6.07) is 10.2. The molecule has 1 heterocycles. The van der Waals surface area contributed by atoms with Gasteiger partial charge in [-0.25, -0.2) is 12.7 Å². The summed E-state index contributed by atoms with van der Waals surface area (Å²) in [5, 5.41) is 3.84. The third kappa shape index (κ3) is 3.48. The third-order valence-corrected chi connectivity index (χ3v) is 6.62. The van der Waals surface area contributed by atoms with Gasteiger partial charge < -0.3 is 10.3 Å². The number of aromatic nitrogens is 1. The number of carbonyl (C=O) groups excluding carboxylic acids is 1. The van der Waals surface area contributed by atoms with Gasteiger partial charge in [-0.15, -0.1) is 0 Å². The molecule has 0 spiro atoms. The quantitative estimate of drug-likeness (QED) is 0.720. The van der Waals surface area contributed by atoms with Crippen molar-refractivity contribution in [3.8, 4) is 0 Å². The number of carbonyl (C=O) groups is 1. The average molecular weight is 385 g/mol. The molecular weight excluding hydrogens is 362 g/mol. The van der Waals surface area contributed by atoms with E-state index in [1.807, 2.05) is 32.9 Å². The molecule has 0 unspecified atom stereocenters. The third-order valence-electron chi connectivity index (χ3n) is 4.81. The van der Waals surface area contributed by atoms with Gasteiger partial charge in [-0.05, 0) is 62.2 Å². The summed E-state index contributed by atoms with van der Waals surface area (Å²) in [6.45, 7) is 5.83. The van der Waals surface area contributed by atoms with E-state index in [1.165, 1.54) is 26.2 Å². The van der Waals surface area contributed by atoms with E-state index in [9.17, 15) is 13.2 Å². The van der Waals surface area contributed by atoms with E-state index in [0.29, 0.717) is 11.3 Å². The summed E-state index contributed by atoms with van der Waals surface area (Å²) < 4.78 is 25.8. The second-order valence-corrected chi connectivity index (χ2v) is 9.01. The molecule has 2 aromatic carbocycles. The number of nitrogens with zero attached hydrogens (tertiary/aromatic N) is 1. The topological polar surface area (TPSA) is 82.3 Å². The summed E-state index contributed by atoms with van der Waals surface area (Å²) >= 11 is 0. The first-order chi connectivity index (χ1) is 12.6. The van der Waals surface area contributed by atoms with Gasteiger partial charge >= 0.3 is 0 Å². The minimum absolute atomic E-state index is 0.140. The maximum absolute atomic E-state index is 12.7. The van der Waals surface area contributed by atoms with Crippen LogP contribution in [0, 0.1) is 20.8 Å². The molecule has 27 heavy (non-hydrogen) atoms. The Hall–Kier alpha value is -2.64. The molecule has 7 heteroatoms. The van der Waals surface area contributed by atoms with Gasteiger partial charge in [-0.1, -0.05) is 6.07 Å². The molecule has 1 amide bonds. The van der Waals surface area contributed by atoms with E-state index in [-0.39, 0.29) is 10.8 Å². The fraction of sp³-hybridized carbons (Fsp3) is 0.250. The van der Waals surface area contributed by atoms with Crippen LogP contribution >= 0.6 is 0 Å². The van der Waals surface area contributed by atoms with Crippen LogP contribution in [0.25, 0.3) is 10.9 Å². The zero-order valence-corrected chi connectivity index (χ0v) is 16.9. The van der Waals surface area contributed by atoms with Crippen molar-refractivity contribution in [1.82, 2.24) is 9.29 Å². The number of sulfonamides is 1. The molecule has 6 nitrogen and oxygen atoms in total. The molecular formula is C20H23N3O3S. The molecule has 0 bridgehead atoms. The number of anilines is 1. The van der Waals surface area contributed by atoms with Gasteiger partial charge in [0.15, 0.2) is 0 Å². The number of hydrogen-bond donors (Lipinski definition) is 2. The summed E-state index contributed by atoms with van der Waals surface area (Å²) in [6.07, 6.45) is 0. The molecule has 3 rings (SSSR count). The maximum Gasteiger partial charge on any atom is 0.255 e. The zero-order chi connectivity index (χ0) is 19.9. The van der Waals surface area contributed by atoms with Crippen LogP contribution in [-0.2, 0) is 10.0 Å². The predicted molar refractivity (Wildman–Crippen MR) is 108 cm³/mol. The summed E-state index contributed by atoms with van der Waals surface area (Å²) in [7, 11) is -0.618. The Labute approximate surface area is 159 Å². The molecule has 3 aromatic rings. The molecule has 1 aromatic heterocycles. The number of hydrogen-bond acceptors (Lipinski definition) is 3. The lowest BCUT2D eigenvalue weighted by molar-refractivity contribution is 0.102. The lowest BCUT2D eigenvalue weighted by atomic mass is 10.1. The number of fused-ring (bicyclic) bond motifs is 1. The highest BCUT2D eigenvalue weighted by Gasteiger charge is 2.19. The molecule has 0 aliphatic carbocycles. The minimum atomic E-state index is -3.57. The van der Waals surface area contributed by atoms with Crippen molar-refractivity contribution in [2.75, 3.05) is 19.4 Å². The molecule has 0 fully saturated rings. The van der Waals surface area contributed by atoms with Gasteiger partial charge in [0, 0.05) is 41.9 Å². The van der Waals surface area contributed by atoms with Crippen LogP contribution in [0.4, 0.5) is 5.69 Å². The van der Waals surface area contributed by atoms with Crippen LogP contribution in [0.3, 0.4) is 0 Å². The SMILES string of the molecule is Cc1ccc(S(=O)(=O)N(C)C)cc1NC(=O)c1ccc2[nH]c(C)c(C)c2c1. The van der Waals surface area contributed by atoms with Crippen molar-refractivity contribution in [3.05, 3.63) is 58.8 Å². The smallest absolute Gasteiger partial charge is 0.255 e. The highest BCUT2D eigenvalue weighted by atomic mass is 32.2. The molecule has 0 atom stereocenters. The normalized spacial score (nSPS) is 11.9. The fourth-order valence-electron chi connectivity index (χ4n) is 2.90. The molecule has 2 N–H and O–H groups in total. The molecule has 0 saturated carbocycles. The van der Waals surface area contributed by atoms with Crippen LogP contribution in [0.2, 0.25) is 0 Å². The van der Waals surface area contributed by atoms with Crippen molar-refractivity contribution in [2.24, 2.45) is 0 Å². The van der Waals surface area contributed by atoms with E-state index in [4.69, 9.17) is 0 Å². The maximum atomic E-state index is 12.7. The molecule has 0 aliphatic heterocycles. The van der Waals surface area contributed by atoms with Gasteiger partial charge in [0.1, 0.15) is 0 Å². The first kappa shape index (κ1) is 19.1. The van der Waals surface area contributed by atoms with E-state index in [1.54, 1.807) is 12.1 Å². The minimum Gasteiger partial charge on any atom is -0.358 e. The van der Waals surface area contributed by atoms with Crippen molar-refractivity contribution < 1.29 is 13.2 Å². The van der Waals surface area contributed by atoms with Crippen LogP contribution in [0.5, 0.6) is 0 Å². The number of H-pyrrole nitrogens is 1. The second-order valence-electron chi connectivity index (χ2n) is 6.85. The Morgan fingerprint density at radius 3 is 2.41 bits per heavy atom. The van der Waals surface area contributed by atoms with E-state index in [0.717, 1.165) is 32.0 Å². The Morgan fingerprint density at radius 1 is 1.04 bits per heavy atom. The van der Waals surface area contributed by atoms with Crippen LogP contribution in [-0.4, -0.2) is 37.7 Å². The monoisotopic (exact) mass is 385 g/mol. The molecule has 0 radical (unpaired) electrons. The molecule has 0 aliphatic rings. The number of aryl methyl sites for hydroxylation is 3. The number of benzene rings is 2. The van der Waals surface area contributed by atoms with Gasteiger partial charge in [0.25, 0.3) is 5.91 Å². The van der Waals surface area contributed by atoms with E-state index < -0.39 is 10.0 Å². The van der Waals surface area contributed by atoms with Crippen LogP contribution in [0.1, 0.15) is 27.2 Å². The average Bonchev–Trinajstić information content (AvgIpc) is 2.90. The Bertz CT molecular complexity index is 1140. The van der Waals surface area contributed by atoms with Gasteiger partial charge in [0.05, 0.1) is 4.90 Å². The van der Waals surface area contributed by atoms with Gasteiger partial charge in [-0.2, -0.15) is 0 Å². The predicted octanol–water partition coefficient (Wildman–Crippen LogP) is 3.60. The first-order valence-electron chi connectivity index (χ1n) is 8.54. The standard InChI is InChI=1S/C20H23N3O3S/c1-12-6-8-16(27(25,26)23(4)5)11-19(12)22-20(24)15-7-9-18-17(10-15)13(2)14(3)21-18/h6-11,21H,1-5H3,(H,22,24). The number of aromatic amines is 1. The second kappa shape index (κ2) is 6.83. The number of rotatable bonds is 4. The summed E-state index contributed by atoms with van der Waals surface area (Å²) in [5.74, 6) is -0.280. The summed E-state index contributed by atoms with van der Waals surface area (Å²) in [5.41, 5.74) is 4.94. The highest BCUT2D eigenvalue weighted by molar-refractivity contribution is 7.89. The highest BCUT2D eigenvalue weighted by Crippen LogP contribution is 2.25. The number of amides is 1. The molecule has 0 saturated heterocycles. The Balaban J connectivity index is 1.95. The Morgan fingerprint density at radius 2 is 1.74 bits per heavy atom. The van der Waals surface area contributed by atoms with Crippen molar-refractivity contribution in [3.63, 3.8) is 0 Å². The van der Waals surface area contributed by atoms with Crippen molar-refractivity contribution >= 4 is 32.5 Å². The number of nitrogens with one attached hydrogen (secondary N) is 2. The fourth-order valence-corrected chi connectivity index (χ4v) is 3.83. The lowest BCUT2D eigenvalue weighted by Crippen LogP contribution is -2.22.